The zero-order chi connectivity index (χ0) is 13.9. The Kier molecular flexibility index (Phi) is 5.12. The minimum atomic E-state index is -4.00. The second-order valence-electron chi connectivity index (χ2n) is 6.19. The number of halogens is 3. The van der Waals surface area contributed by atoms with E-state index in [4.69, 9.17) is 0 Å². The van der Waals surface area contributed by atoms with Gasteiger partial charge < -0.3 is 10.6 Å². The lowest BCUT2D eigenvalue weighted by Crippen LogP contribution is -2.43. The van der Waals surface area contributed by atoms with Gasteiger partial charge in [0.25, 0.3) is 0 Å². The van der Waals surface area contributed by atoms with Gasteiger partial charge in [0.2, 0.25) is 0 Å². The van der Waals surface area contributed by atoms with Crippen LogP contribution in [0.3, 0.4) is 0 Å². The van der Waals surface area contributed by atoms with Crippen molar-refractivity contribution in [2.75, 3.05) is 6.54 Å². The van der Waals surface area contributed by atoms with Gasteiger partial charge in [0.15, 0.2) is 0 Å². The molecule has 2 unspecified atom stereocenters. The SMILES string of the molecule is CC(CC1CCCN1)NC1CCC(C(F)(F)F)CC1. The Morgan fingerprint density at radius 3 is 2.37 bits per heavy atom. The second-order valence-corrected chi connectivity index (χ2v) is 6.19. The second kappa shape index (κ2) is 6.44. The topological polar surface area (TPSA) is 24.1 Å². The van der Waals surface area contributed by atoms with Gasteiger partial charge in [-0.2, -0.15) is 13.2 Å². The van der Waals surface area contributed by atoms with Gasteiger partial charge >= 0.3 is 6.18 Å². The zero-order valence-electron chi connectivity index (χ0n) is 11.6. The number of hydrogen-bond acceptors (Lipinski definition) is 2. The summed E-state index contributed by atoms with van der Waals surface area (Å²) in [6.07, 6.45) is 1.45. The average molecular weight is 278 g/mol. The molecular weight excluding hydrogens is 253 g/mol. The third-order valence-electron chi connectivity index (χ3n) is 4.51. The van der Waals surface area contributed by atoms with E-state index in [-0.39, 0.29) is 18.9 Å². The number of hydrogen-bond donors (Lipinski definition) is 2. The highest BCUT2D eigenvalue weighted by molar-refractivity contribution is 4.84. The summed E-state index contributed by atoms with van der Waals surface area (Å²) < 4.78 is 37.7. The van der Waals surface area contributed by atoms with Crippen LogP contribution in [-0.2, 0) is 0 Å². The van der Waals surface area contributed by atoms with E-state index >= 15 is 0 Å². The van der Waals surface area contributed by atoms with Gasteiger partial charge in [-0.25, -0.2) is 0 Å². The summed E-state index contributed by atoms with van der Waals surface area (Å²) in [6.45, 7) is 3.25. The Hall–Kier alpha value is -0.290. The van der Waals surface area contributed by atoms with Crippen LogP contribution in [0.4, 0.5) is 13.2 Å². The number of rotatable bonds is 4. The predicted molar refractivity (Wildman–Crippen MR) is 70.0 cm³/mol. The molecule has 2 atom stereocenters. The van der Waals surface area contributed by atoms with Gasteiger partial charge in [-0.15, -0.1) is 0 Å². The van der Waals surface area contributed by atoms with Crippen molar-refractivity contribution in [3.8, 4) is 0 Å². The quantitative estimate of drug-likeness (QED) is 0.825. The maximum Gasteiger partial charge on any atom is 0.391 e. The van der Waals surface area contributed by atoms with E-state index in [0.29, 0.717) is 24.9 Å². The van der Waals surface area contributed by atoms with Crippen LogP contribution in [0, 0.1) is 5.92 Å². The lowest BCUT2D eigenvalue weighted by molar-refractivity contribution is -0.182. The van der Waals surface area contributed by atoms with E-state index in [9.17, 15) is 13.2 Å². The Labute approximate surface area is 113 Å². The lowest BCUT2D eigenvalue weighted by Gasteiger charge is -2.32. The van der Waals surface area contributed by atoms with Crippen molar-refractivity contribution < 1.29 is 13.2 Å². The molecule has 0 aromatic heterocycles. The molecule has 0 radical (unpaired) electrons. The Morgan fingerprint density at radius 1 is 1.16 bits per heavy atom. The maximum atomic E-state index is 12.6. The molecule has 1 saturated carbocycles. The first-order valence-electron chi connectivity index (χ1n) is 7.51. The van der Waals surface area contributed by atoms with Gasteiger partial charge in [-0.05, 0) is 58.4 Å². The van der Waals surface area contributed by atoms with Crippen LogP contribution in [0.15, 0.2) is 0 Å². The fraction of sp³-hybridized carbons (Fsp3) is 1.00. The molecule has 2 N–H and O–H groups in total. The van der Waals surface area contributed by atoms with Crippen LogP contribution in [0.2, 0.25) is 0 Å². The van der Waals surface area contributed by atoms with Crippen LogP contribution in [0.25, 0.3) is 0 Å². The van der Waals surface area contributed by atoms with E-state index in [1.165, 1.54) is 12.8 Å². The number of alkyl halides is 3. The minimum Gasteiger partial charge on any atom is -0.314 e. The first-order chi connectivity index (χ1) is 8.95. The summed E-state index contributed by atoms with van der Waals surface area (Å²) in [5.41, 5.74) is 0. The highest BCUT2D eigenvalue weighted by Gasteiger charge is 2.41. The smallest absolute Gasteiger partial charge is 0.314 e. The Morgan fingerprint density at radius 2 is 1.84 bits per heavy atom. The molecule has 2 fully saturated rings. The molecule has 2 nitrogen and oxygen atoms in total. The fourth-order valence-electron chi connectivity index (χ4n) is 3.44. The molecule has 5 heteroatoms. The molecule has 1 aliphatic heterocycles. The van der Waals surface area contributed by atoms with Gasteiger partial charge in [-0.1, -0.05) is 0 Å². The van der Waals surface area contributed by atoms with Crippen molar-refractivity contribution in [1.29, 1.82) is 0 Å². The molecule has 0 bridgehead atoms. The molecule has 0 aromatic rings. The highest BCUT2D eigenvalue weighted by Crippen LogP contribution is 2.37. The molecule has 0 amide bonds. The molecule has 1 aliphatic carbocycles. The van der Waals surface area contributed by atoms with E-state index in [2.05, 4.69) is 17.6 Å². The van der Waals surface area contributed by atoms with E-state index in [0.717, 1.165) is 13.0 Å². The Balaban J connectivity index is 1.67. The van der Waals surface area contributed by atoms with Crippen LogP contribution in [0.5, 0.6) is 0 Å². The Bertz CT molecular complexity index is 266. The molecule has 2 rings (SSSR count). The fourth-order valence-corrected chi connectivity index (χ4v) is 3.44. The molecule has 2 aliphatic rings. The molecule has 0 spiro atoms. The third kappa shape index (κ3) is 4.63. The predicted octanol–water partition coefficient (Wildman–Crippen LogP) is 3.23. The van der Waals surface area contributed by atoms with Crippen molar-refractivity contribution in [3.05, 3.63) is 0 Å². The molecule has 0 aromatic carbocycles. The zero-order valence-corrected chi connectivity index (χ0v) is 11.6. The maximum absolute atomic E-state index is 12.6. The normalized spacial score (nSPS) is 34.4. The molecule has 19 heavy (non-hydrogen) atoms. The average Bonchev–Trinajstić information content (AvgIpc) is 2.81. The number of nitrogens with one attached hydrogen (secondary N) is 2. The molecular formula is C14H25F3N2. The van der Waals surface area contributed by atoms with E-state index < -0.39 is 12.1 Å². The minimum absolute atomic E-state index is 0.273. The van der Waals surface area contributed by atoms with E-state index in [1.807, 2.05) is 0 Å². The lowest BCUT2D eigenvalue weighted by atomic mass is 9.85. The van der Waals surface area contributed by atoms with Crippen LogP contribution in [-0.4, -0.2) is 30.8 Å². The van der Waals surface area contributed by atoms with Crippen molar-refractivity contribution in [2.24, 2.45) is 5.92 Å². The summed E-state index contributed by atoms with van der Waals surface area (Å²) in [6, 6.07) is 1.26. The first-order valence-corrected chi connectivity index (χ1v) is 7.51. The summed E-state index contributed by atoms with van der Waals surface area (Å²) in [5, 5.41) is 6.97. The van der Waals surface area contributed by atoms with Gasteiger partial charge in [0, 0.05) is 18.1 Å². The van der Waals surface area contributed by atoms with Crippen LogP contribution in [0.1, 0.15) is 51.9 Å². The van der Waals surface area contributed by atoms with Crippen molar-refractivity contribution >= 4 is 0 Å². The largest absolute Gasteiger partial charge is 0.391 e. The van der Waals surface area contributed by atoms with Crippen molar-refractivity contribution in [2.45, 2.75) is 76.2 Å². The molecule has 1 saturated heterocycles. The van der Waals surface area contributed by atoms with Crippen LogP contribution >= 0.6 is 0 Å². The molecule has 112 valence electrons. The van der Waals surface area contributed by atoms with Crippen molar-refractivity contribution in [1.82, 2.24) is 10.6 Å². The van der Waals surface area contributed by atoms with Crippen LogP contribution < -0.4 is 10.6 Å². The third-order valence-corrected chi connectivity index (χ3v) is 4.51. The van der Waals surface area contributed by atoms with Gasteiger partial charge in [0.05, 0.1) is 5.92 Å². The summed E-state index contributed by atoms with van der Waals surface area (Å²) in [4.78, 5) is 0. The summed E-state index contributed by atoms with van der Waals surface area (Å²) >= 11 is 0. The highest BCUT2D eigenvalue weighted by atomic mass is 19.4. The molecule has 1 heterocycles. The van der Waals surface area contributed by atoms with Crippen molar-refractivity contribution in [3.63, 3.8) is 0 Å². The standard InChI is InChI=1S/C14H25F3N2/c1-10(9-13-3-2-8-18-13)19-12-6-4-11(5-7-12)14(15,16)17/h10-13,18-19H,2-9H2,1H3. The van der Waals surface area contributed by atoms with Gasteiger partial charge in [0.1, 0.15) is 0 Å². The monoisotopic (exact) mass is 278 g/mol. The van der Waals surface area contributed by atoms with Gasteiger partial charge in [-0.3, -0.25) is 0 Å². The summed E-state index contributed by atoms with van der Waals surface area (Å²) in [7, 11) is 0. The summed E-state index contributed by atoms with van der Waals surface area (Å²) in [5.74, 6) is -1.07. The first kappa shape index (κ1) is 15.1. The van der Waals surface area contributed by atoms with E-state index in [1.54, 1.807) is 0 Å².